The van der Waals surface area contributed by atoms with Crippen LogP contribution in [0.3, 0.4) is 0 Å². The maximum atomic E-state index is 12.6. The van der Waals surface area contributed by atoms with Crippen LogP contribution in [0.25, 0.3) is 0 Å². The lowest BCUT2D eigenvalue weighted by Gasteiger charge is -2.45. The molecule has 2 fully saturated rings. The second kappa shape index (κ2) is 27.6. The van der Waals surface area contributed by atoms with E-state index in [2.05, 4.69) is 0 Å². The molecule has 19 atom stereocenters. The lowest BCUT2D eigenvalue weighted by Crippen LogP contribution is -2.61. The van der Waals surface area contributed by atoms with Crippen molar-refractivity contribution in [1.29, 1.82) is 0 Å². The standard InChI is InChI=1S/C47H75NO17/c1-27-17-15-13-11-9-7-5-6-8-10-12-14-16-18-34(64-46-44(58)41(48)43(57)30(4)63-46)24-38-40(45(59)60)37(54)26-47(61,65-38)25-33(51)22-36(53)35(52)20-19-31(49)21-32(50)23-39(55)62-29(3)28(2)42(27)56/h5-6,8,10-18,27-38,40-44,46,49-54,56-58,61H,7,9,19-26,48H2,1-4H3,(H,59,60)/t27-,28-,29-,30+,31+,32+,33-,34-,35+,36+,37-,38-,40+,41-,42+,43+,44-,46-,47+/m0/s1. The van der Waals surface area contributed by atoms with Crippen LogP contribution in [0.1, 0.15) is 91.9 Å². The van der Waals surface area contributed by atoms with Crippen molar-refractivity contribution < 1.29 is 84.7 Å². The second-order valence-corrected chi connectivity index (χ2v) is 17.8. The fraction of sp³-hybridized carbons (Fsp3) is 0.702. The first-order valence-corrected chi connectivity index (χ1v) is 22.6. The molecular formula is C47H75NO17. The Kier molecular flexibility index (Phi) is 23.8. The Bertz CT molecular complexity index is 1620. The Labute approximate surface area is 381 Å². The smallest absolute Gasteiger partial charge is 0.311 e. The Morgan fingerprint density at radius 1 is 0.692 bits per heavy atom. The van der Waals surface area contributed by atoms with Crippen molar-refractivity contribution in [2.45, 2.75) is 189 Å². The third kappa shape index (κ3) is 18.8. The van der Waals surface area contributed by atoms with E-state index in [0.29, 0.717) is 0 Å². The van der Waals surface area contributed by atoms with Crippen LogP contribution in [0, 0.1) is 17.8 Å². The molecule has 0 spiro atoms. The summed E-state index contributed by atoms with van der Waals surface area (Å²) in [6.45, 7) is 6.78. The Balaban J connectivity index is 1.84. The highest BCUT2D eigenvalue weighted by Crippen LogP contribution is 2.38. The minimum Gasteiger partial charge on any atom is -0.481 e. The van der Waals surface area contributed by atoms with Gasteiger partial charge < -0.3 is 80.9 Å². The molecule has 3 aliphatic heterocycles. The third-order valence-electron chi connectivity index (χ3n) is 12.2. The minimum absolute atomic E-state index is 0.103. The van der Waals surface area contributed by atoms with Crippen LogP contribution >= 0.6 is 0 Å². The van der Waals surface area contributed by atoms with Crippen LogP contribution in [0.15, 0.2) is 72.9 Å². The van der Waals surface area contributed by atoms with E-state index in [4.69, 9.17) is 24.7 Å². The molecule has 0 aromatic heterocycles. The van der Waals surface area contributed by atoms with Gasteiger partial charge in [0.05, 0.1) is 79.6 Å². The zero-order valence-electron chi connectivity index (χ0n) is 37.8. The van der Waals surface area contributed by atoms with Crippen molar-refractivity contribution in [3.05, 3.63) is 72.9 Å². The zero-order valence-corrected chi connectivity index (χ0v) is 37.8. The number of aliphatic carboxylic acids is 1. The van der Waals surface area contributed by atoms with Gasteiger partial charge >= 0.3 is 11.9 Å². The lowest BCUT2D eigenvalue weighted by atomic mass is 9.82. The fourth-order valence-corrected chi connectivity index (χ4v) is 8.13. The van der Waals surface area contributed by atoms with Gasteiger partial charge in [0, 0.05) is 37.5 Å². The van der Waals surface area contributed by atoms with E-state index < -0.39 is 147 Å². The van der Waals surface area contributed by atoms with Crippen LogP contribution in [0.4, 0.5) is 0 Å². The van der Waals surface area contributed by atoms with Crippen molar-refractivity contribution in [3.63, 3.8) is 0 Å². The molecule has 2 bridgehead atoms. The third-order valence-corrected chi connectivity index (χ3v) is 12.2. The molecule has 0 amide bonds. The van der Waals surface area contributed by atoms with Crippen molar-refractivity contribution in [3.8, 4) is 0 Å². The monoisotopic (exact) mass is 926 g/mol. The van der Waals surface area contributed by atoms with Crippen LogP contribution in [-0.4, -0.2) is 166 Å². The van der Waals surface area contributed by atoms with Crippen molar-refractivity contribution in [1.82, 2.24) is 0 Å². The number of fused-ring (bicyclic) bond motifs is 2. The van der Waals surface area contributed by atoms with Gasteiger partial charge in [-0.1, -0.05) is 86.8 Å². The molecule has 18 nitrogen and oxygen atoms in total. The van der Waals surface area contributed by atoms with Gasteiger partial charge in [-0.15, -0.1) is 0 Å². The average Bonchev–Trinajstić information content (AvgIpc) is 3.21. The summed E-state index contributed by atoms with van der Waals surface area (Å²) >= 11 is 0. The quantitative estimate of drug-likeness (QED) is 0.175. The molecule has 0 aliphatic carbocycles. The van der Waals surface area contributed by atoms with E-state index >= 15 is 0 Å². The number of carboxylic acid groups (broad SMARTS) is 1. The molecule has 13 N–H and O–H groups in total. The average molecular weight is 926 g/mol. The molecule has 3 aliphatic rings. The molecular weight excluding hydrogens is 851 g/mol. The van der Waals surface area contributed by atoms with Crippen LogP contribution in [0.2, 0.25) is 0 Å². The molecule has 0 saturated carbocycles. The summed E-state index contributed by atoms with van der Waals surface area (Å²) in [6.07, 6.45) is 2.26. The number of nitrogens with two attached hydrogens (primary N) is 1. The Hall–Kier alpha value is -3.18. The summed E-state index contributed by atoms with van der Waals surface area (Å²) in [5, 5.41) is 118. The number of carbonyl (C=O) groups is 2. The number of hydrogen-bond acceptors (Lipinski definition) is 17. The lowest BCUT2D eigenvalue weighted by molar-refractivity contribution is -0.308. The Morgan fingerprint density at radius 2 is 1.31 bits per heavy atom. The molecule has 0 aromatic rings. The van der Waals surface area contributed by atoms with Crippen LogP contribution in [-0.2, 0) is 28.5 Å². The molecule has 0 aromatic carbocycles. The summed E-state index contributed by atoms with van der Waals surface area (Å²) < 4.78 is 23.2. The number of hydrogen-bond donors (Lipinski definition) is 12. The molecule has 65 heavy (non-hydrogen) atoms. The summed E-state index contributed by atoms with van der Waals surface area (Å²) in [4.78, 5) is 25.1. The van der Waals surface area contributed by atoms with Gasteiger partial charge in [-0.2, -0.15) is 0 Å². The zero-order chi connectivity index (χ0) is 48.4. The van der Waals surface area contributed by atoms with E-state index in [1.807, 2.05) is 49.5 Å². The van der Waals surface area contributed by atoms with Gasteiger partial charge in [-0.05, 0) is 46.0 Å². The highest BCUT2D eigenvalue weighted by molar-refractivity contribution is 5.71. The number of esters is 1. The number of ether oxygens (including phenoxy) is 4. The number of carboxylic acids is 1. The largest absolute Gasteiger partial charge is 0.481 e. The topological polar surface area (TPSA) is 320 Å². The molecule has 0 radical (unpaired) electrons. The van der Waals surface area contributed by atoms with E-state index in [9.17, 15) is 65.8 Å². The summed E-state index contributed by atoms with van der Waals surface area (Å²) in [5.41, 5.74) is 6.02. The van der Waals surface area contributed by atoms with Gasteiger partial charge in [0.15, 0.2) is 12.1 Å². The summed E-state index contributed by atoms with van der Waals surface area (Å²) in [6, 6.07) is -1.14. The van der Waals surface area contributed by atoms with E-state index in [0.717, 1.165) is 12.8 Å². The van der Waals surface area contributed by atoms with Crippen LogP contribution in [0.5, 0.6) is 0 Å². The van der Waals surface area contributed by atoms with Gasteiger partial charge in [0.25, 0.3) is 0 Å². The first-order valence-electron chi connectivity index (χ1n) is 22.6. The number of cyclic esters (lactones) is 1. The van der Waals surface area contributed by atoms with Gasteiger partial charge in [-0.25, -0.2) is 0 Å². The minimum atomic E-state index is -2.32. The van der Waals surface area contributed by atoms with Gasteiger partial charge in [0.2, 0.25) is 0 Å². The molecule has 370 valence electrons. The highest BCUT2D eigenvalue weighted by atomic mass is 16.7. The predicted molar refractivity (Wildman–Crippen MR) is 237 cm³/mol. The predicted octanol–water partition coefficient (Wildman–Crippen LogP) is 0.936. The first kappa shape index (κ1) is 56.1. The van der Waals surface area contributed by atoms with E-state index in [1.54, 1.807) is 38.2 Å². The Morgan fingerprint density at radius 3 is 1.97 bits per heavy atom. The van der Waals surface area contributed by atoms with Crippen LogP contribution < -0.4 is 5.73 Å². The number of aliphatic hydroxyl groups excluding tert-OH is 9. The first-order chi connectivity index (χ1) is 30.6. The van der Waals surface area contributed by atoms with Gasteiger partial charge in [-0.3, -0.25) is 9.59 Å². The number of carbonyl (C=O) groups excluding carboxylic acids is 1. The summed E-state index contributed by atoms with van der Waals surface area (Å²) in [5.74, 6) is -6.77. The molecule has 3 rings (SSSR count). The SMILES string of the molecule is C[C@@H]1[C@H](O)[C@@H](C)C=CC=CCCC=CC=CC=CC=C[C@H](O[C@@H]2O[C@H](C)[C@@H](O)[C@H](N)[C@@H]2O)C[C@@H]2O[C@](O)(C[C@@H](O)C[C@@H](O)[C@H](O)CC[C@@H](O)C[C@@H](O)CC(=O)O[C@H]1C)C[C@H](O)[C@H]2C(=O)O. The molecule has 0 unspecified atom stereocenters. The van der Waals surface area contributed by atoms with E-state index in [1.165, 1.54) is 13.0 Å². The van der Waals surface area contributed by atoms with Crippen molar-refractivity contribution >= 4 is 11.9 Å². The fourth-order valence-electron chi connectivity index (χ4n) is 8.13. The normalized spacial score (nSPS) is 42.3. The molecule has 2 saturated heterocycles. The highest BCUT2D eigenvalue weighted by Gasteiger charge is 2.51. The summed E-state index contributed by atoms with van der Waals surface area (Å²) in [7, 11) is 0. The van der Waals surface area contributed by atoms with Crippen molar-refractivity contribution in [2.75, 3.05) is 0 Å². The van der Waals surface area contributed by atoms with Crippen molar-refractivity contribution in [2.24, 2.45) is 23.5 Å². The number of aliphatic hydroxyl groups is 10. The number of allylic oxidation sites excluding steroid dienone is 10. The number of rotatable bonds is 3. The maximum absolute atomic E-state index is 12.6. The van der Waals surface area contributed by atoms with Gasteiger partial charge in [0.1, 0.15) is 18.1 Å². The molecule has 18 heteroatoms. The second-order valence-electron chi connectivity index (χ2n) is 17.8. The maximum Gasteiger partial charge on any atom is 0.311 e. The molecule has 3 heterocycles. The van der Waals surface area contributed by atoms with E-state index in [-0.39, 0.29) is 31.6 Å².